The van der Waals surface area contributed by atoms with Crippen LogP contribution in [0.4, 0.5) is 0 Å². The molecule has 5 heteroatoms. The van der Waals surface area contributed by atoms with Crippen LogP contribution in [0.15, 0.2) is 22.8 Å². The molecule has 0 saturated heterocycles. The fourth-order valence-electron chi connectivity index (χ4n) is 1.61. The lowest BCUT2D eigenvalue weighted by molar-refractivity contribution is 0.287. The number of rotatable bonds is 5. The molecule has 2 aromatic heterocycles. The number of nitrogens with one attached hydrogen (secondary N) is 2. The molecule has 0 aliphatic carbocycles. The van der Waals surface area contributed by atoms with Crippen LogP contribution in [-0.2, 0) is 13.2 Å². The maximum Gasteiger partial charge on any atom is 0.233 e. The van der Waals surface area contributed by atoms with Gasteiger partial charge in [-0.3, -0.25) is 5.10 Å². The first-order valence-corrected chi connectivity index (χ1v) is 6.39. The first-order chi connectivity index (χ1) is 8.94. The first kappa shape index (κ1) is 13.7. The second kappa shape index (κ2) is 5.48. The Morgan fingerprint density at radius 3 is 2.84 bits per heavy atom. The average Bonchev–Trinajstić information content (AvgIpc) is 2.91. The standard InChI is InChI=1S/C14H21N3O2/c1-10-7-13(17-16-10)19-9-11-5-6-18-12(11)8-15-14(2,3)4/h5-7,15H,8-9H2,1-4H3,(H,16,17). The van der Waals surface area contributed by atoms with E-state index in [0.717, 1.165) is 17.0 Å². The fraction of sp³-hybridized carbons (Fsp3) is 0.500. The lowest BCUT2D eigenvalue weighted by atomic mass is 10.1. The molecule has 2 rings (SSSR count). The highest BCUT2D eigenvalue weighted by molar-refractivity contribution is 5.18. The van der Waals surface area contributed by atoms with E-state index in [1.807, 2.05) is 19.1 Å². The van der Waals surface area contributed by atoms with Crippen LogP contribution in [0.2, 0.25) is 0 Å². The van der Waals surface area contributed by atoms with Gasteiger partial charge >= 0.3 is 0 Å². The Bertz CT molecular complexity index is 523. The van der Waals surface area contributed by atoms with E-state index in [9.17, 15) is 0 Å². The number of H-pyrrole nitrogens is 1. The van der Waals surface area contributed by atoms with Gasteiger partial charge in [-0.15, -0.1) is 5.10 Å². The molecule has 0 fully saturated rings. The van der Waals surface area contributed by atoms with Crippen molar-refractivity contribution < 1.29 is 9.15 Å². The number of aromatic nitrogens is 2. The molecule has 0 aliphatic heterocycles. The molecule has 0 unspecified atom stereocenters. The minimum atomic E-state index is 0.0597. The lowest BCUT2D eigenvalue weighted by Crippen LogP contribution is -2.35. The van der Waals surface area contributed by atoms with Gasteiger partial charge in [0.25, 0.3) is 0 Å². The van der Waals surface area contributed by atoms with Gasteiger partial charge in [0.2, 0.25) is 5.88 Å². The minimum Gasteiger partial charge on any atom is -0.472 e. The third kappa shape index (κ3) is 4.13. The highest BCUT2D eigenvalue weighted by Crippen LogP contribution is 2.15. The normalized spacial score (nSPS) is 11.8. The number of nitrogens with zero attached hydrogens (tertiary/aromatic N) is 1. The number of hydrogen-bond donors (Lipinski definition) is 2. The largest absolute Gasteiger partial charge is 0.472 e. The van der Waals surface area contributed by atoms with Crippen LogP contribution in [-0.4, -0.2) is 15.7 Å². The van der Waals surface area contributed by atoms with Crippen molar-refractivity contribution in [3.8, 4) is 5.88 Å². The van der Waals surface area contributed by atoms with E-state index >= 15 is 0 Å². The van der Waals surface area contributed by atoms with Gasteiger partial charge < -0.3 is 14.5 Å². The van der Waals surface area contributed by atoms with E-state index in [2.05, 4.69) is 36.3 Å². The van der Waals surface area contributed by atoms with Crippen molar-refractivity contribution >= 4 is 0 Å². The second-order valence-electron chi connectivity index (χ2n) is 5.65. The van der Waals surface area contributed by atoms with E-state index in [1.165, 1.54) is 0 Å². The summed E-state index contributed by atoms with van der Waals surface area (Å²) in [6.45, 7) is 9.46. The molecule has 2 N–H and O–H groups in total. The molecule has 0 saturated carbocycles. The first-order valence-electron chi connectivity index (χ1n) is 6.39. The maximum absolute atomic E-state index is 5.61. The Kier molecular flexibility index (Phi) is 3.95. The molecule has 0 aromatic carbocycles. The molecule has 2 aromatic rings. The van der Waals surface area contributed by atoms with Gasteiger partial charge in [-0.25, -0.2) is 0 Å². The zero-order valence-electron chi connectivity index (χ0n) is 11.9. The molecule has 0 radical (unpaired) electrons. The topological polar surface area (TPSA) is 63.1 Å². The summed E-state index contributed by atoms with van der Waals surface area (Å²) in [4.78, 5) is 0. The maximum atomic E-state index is 5.61. The van der Waals surface area contributed by atoms with Crippen molar-refractivity contribution in [2.45, 2.75) is 46.4 Å². The van der Waals surface area contributed by atoms with Crippen molar-refractivity contribution in [1.82, 2.24) is 15.5 Å². The smallest absolute Gasteiger partial charge is 0.233 e. The highest BCUT2D eigenvalue weighted by Gasteiger charge is 2.13. The Labute approximate surface area is 113 Å². The zero-order valence-corrected chi connectivity index (χ0v) is 11.9. The quantitative estimate of drug-likeness (QED) is 0.870. The molecule has 0 amide bonds. The van der Waals surface area contributed by atoms with Gasteiger partial charge in [0, 0.05) is 22.9 Å². The molecule has 0 bridgehead atoms. The van der Waals surface area contributed by atoms with Crippen LogP contribution in [0.3, 0.4) is 0 Å². The molecule has 5 nitrogen and oxygen atoms in total. The summed E-state index contributed by atoms with van der Waals surface area (Å²) < 4.78 is 11.1. The number of furan rings is 1. The van der Waals surface area contributed by atoms with Crippen molar-refractivity contribution in [3.05, 3.63) is 35.4 Å². The summed E-state index contributed by atoms with van der Waals surface area (Å²) in [6, 6.07) is 3.80. The molecule has 19 heavy (non-hydrogen) atoms. The van der Waals surface area contributed by atoms with E-state index < -0.39 is 0 Å². The van der Waals surface area contributed by atoms with Crippen LogP contribution >= 0.6 is 0 Å². The van der Waals surface area contributed by atoms with Crippen LogP contribution in [0, 0.1) is 6.92 Å². The van der Waals surface area contributed by atoms with E-state index in [0.29, 0.717) is 19.0 Å². The predicted octanol–water partition coefficient (Wildman–Crippen LogP) is 2.78. The number of aryl methyl sites for hydroxylation is 1. The molecule has 0 aliphatic rings. The van der Waals surface area contributed by atoms with Crippen molar-refractivity contribution in [1.29, 1.82) is 0 Å². The molecular formula is C14H21N3O2. The predicted molar refractivity (Wildman–Crippen MR) is 73.0 cm³/mol. The van der Waals surface area contributed by atoms with Gasteiger partial charge in [-0.1, -0.05) is 0 Å². The van der Waals surface area contributed by atoms with Gasteiger partial charge in [0.05, 0.1) is 12.8 Å². The van der Waals surface area contributed by atoms with E-state index in [-0.39, 0.29) is 5.54 Å². The van der Waals surface area contributed by atoms with Crippen LogP contribution in [0.25, 0.3) is 0 Å². The van der Waals surface area contributed by atoms with Gasteiger partial charge in [-0.05, 0) is 33.8 Å². The number of aromatic amines is 1. The molecule has 0 atom stereocenters. The van der Waals surface area contributed by atoms with E-state index in [4.69, 9.17) is 9.15 Å². The Morgan fingerprint density at radius 2 is 2.21 bits per heavy atom. The van der Waals surface area contributed by atoms with Crippen LogP contribution < -0.4 is 10.1 Å². The zero-order chi connectivity index (χ0) is 13.9. The van der Waals surface area contributed by atoms with Gasteiger partial charge in [0.15, 0.2) is 0 Å². The van der Waals surface area contributed by atoms with Crippen molar-refractivity contribution in [3.63, 3.8) is 0 Å². The summed E-state index contributed by atoms with van der Waals surface area (Å²) in [5.41, 5.74) is 2.08. The summed E-state index contributed by atoms with van der Waals surface area (Å²) in [5.74, 6) is 1.51. The summed E-state index contributed by atoms with van der Waals surface area (Å²) in [6.07, 6.45) is 1.69. The van der Waals surface area contributed by atoms with Crippen molar-refractivity contribution in [2.75, 3.05) is 0 Å². The molecular weight excluding hydrogens is 242 g/mol. The lowest BCUT2D eigenvalue weighted by Gasteiger charge is -2.20. The minimum absolute atomic E-state index is 0.0597. The summed E-state index contributed by atoms with van der Waals surface area (Å²) in [5, 5.41) is 10.3. The third-order valence-electron chi connectivity index (χ3n) is 2.67. The molecule has 2 heterocycles. The Morgan fingerprint density at radius 1 is 1.42 bits per heavy atom. The third-order valence-corrected chi connectivity index (χ3v) is 2.67. The number of ether oxygens (including phenoxy) is 1. The van der Waals surface area contributed by atoms with Crippen molar-refractivity contribution in [2.24, 2.45) is 0 Å². The van der Waals surface area contributed by atoms with Gasteiger partial charge in [-0.2, -0.15) is 0 Å². The Balaban J connectivity index is 1.92. The van der Waals surface area contributed by atoms with Crippen LogP contribution in [0.1, 0.15) is 37.8 Å². The van der Waals surface area contributed by atoms with E-state index in [1.54, 1.807) is 6.26 Å². The average molecular weight is 263 g/mol. The van der Waals surface area contributed by atoms with Gasteiger partial charge in [0.1, 0.15) is 12.4 Å². The number of hydrogen-bond acceptors (Lipinski definition) is 4. The summed E-state index contributed by atoms with van der Waals surface area (Å²) in [7, 11) is 0. The van der Waals surface area contributed by atoms with Crippen LogP contribution in [0.5, 0.6) is 5.88 Å². The monoisotopic (exact) mass is 263 g/mol. The highest BCUT2D eigenvalue weighted by atomic mass is 16.5. The molecule has 104 valence electrons. The Hall–Kier alpha value is -1.75. The second-order valence-corrected chi connectivity index (χ2v) is 5.65. The SMILES string of the molecule is Cc1cc(OCc2ccoc2CNC(C)(C)C)n[nH]1. The summed E-state index contributed by atoms with van der Waals surface area (Å²) >= 11 is 0. The molecule has 0 spiro atoms. The fourth-order valence-corrected chi connectivity index (χ4v) is 1.61.